The second-order valence-electron chi connectivity index (χ2n) is 9.92. The molecule has 2 fully saturated rings. The third-order valence-electron chi connectivity index (χ3n) is 6.85. The molecule has 10 heteroatoms. The Morgan fingerprint density at radius 2 is 1.68 bits per heavy atom. The molecule has 0 spiro atoms. The van der Waals surface area contributed by atoms with Gasteiger partial charge in [0.1, 0.15) is 0 Å². The van der Waals surface area contributed by atoms with Gasteiger partial charge in [0.2, 0.25) is 11.8 Å². The first kappa shape index (κ1) is 28.6. The molecule has 0 aliphatic carbocycles. The predicted octanol–water partition coefficient (Wildman–Crippen LogP) is 2.12. The predicted molar refractivity (Wildman–Crippen MR) is 135 cm³/mol. The van der Waals surface area contributed by atoms with Crippen LogP contribution in [0.25, 0.3) is 0 Å². The number of nitrogens with one attached hydrogen (secondary N) is 1. The van der Waals surface area contributed by atoms with Crippen molar-refractivity contribution in [3.8, 4) is 0 Å². The van der Waals surface area contributed by atoms with E-state index < -0.39 is 24.4 Å². The number of hydrogen-bond acceptors (Lipinski definition) is 6. The fraction of sp³-hybridized carbons (Fsp3) is 0.667. The lowest BCUT2D eigenvalue weighted by Crippen LogP contribution is -2.54. The van der Waals surface area contributed by atoms with Crippen LogP contribution >= 0.6 is 12.4 Å². The summed E-state index contributed by atoms with van der Waals surface area (Å²) in [7, 11) is -0.586. The van der Waals surface area contributed by atoms with Crippen LogP contribution in [0.4, 0.5) is 0 Å². The lowest BCUT2D eigenvalue weighted by atomic mass is 9.75. The van der Waals surface area contributed by atoms with Crippen molar-refractivity contribution in [3.63, 3.8) is 0 Å². The molecule has 0 aromatic heterocycles. The molecule has 2 aliphatic rings. The maximum atomic E-state index is 12.9. The van der Waals surface area contributed by atoms with Gasteiger partial charge in [0.15, 0.2) is 0 Å². The normalized spacial score (nSPS) is 20.9. The van der Waals surface area contributed by atoms with Crippen molar-refractivity contribution in [3.05, 3.63) is 35.9 Å². The number of aryl methyl sites for hydroxylation is 1. The summed E-state index contributed by atoms with van der Waals surface area (Å²) in [5.41, 5.74) is 6.35. The third kappa shape index (κ3) is 7.42. The van der Waals surface area contributed by atoms with E-state index in [1.165, 1.54) is 5.56 Å². The standard InChI is InChI=1S/C24H38BN3O5.ClH/c1-23(2)24(3,4)33-25(32-23)20(12-8-11-18-9-6-5-7-10-18)27-22(30)19(26)17-21(29)28-13-15-31-16-14-28;/h5-7,9-10,19-20H,8,11-17,26H2,1-4H3,(H,27,30);1H/t19-,20-;/m1./s1. The second kappa shape index (κ2) is 12.4. The minimum absolute atomic E-state index is 0. The topological polar surface area (TPSA) is 103 Å². The van der Waals surface area contributed by atoms with E-state index in [0.717, 1.165) is 12.8 Å². The zero-order valence-corrected chi connectivity index (χ0v) is 21.6. The minimum Gasteiger partial charge on any atom is -0.402 e. The highest BCUT2D eigenvalue weighted by Crippen LogP contribution is 2.38. The molecule has 0 saturated carbocycles. The summed E-state index contributed by atoms with van der Waals surface area (Å²) in [5.74, 6) is -0.861. The van der Waals surface area contributed by atoms with E-state index >= 15 is 0 Å². The molecular formula is C24H39BClN3O5. The van der Waals surface area contributed by atoms with Crippen LogP contribution in [-0.2, 0) is 30.1 Å². The quantitative estimate of drug-likeness (QED) is 0.509. The number of carbonyl (C=O) groups is 2. The van der Waals surface area contributed by atoms with E-state index in [1.807, 2.05) is 45.9 Å². The lowest BCUT2D eigenvalue weighted by molar-refractivity contribution is -0.137. The fourth-order valence-electron chi connectivity index (χ4n) is 4.01. The molecular weight excluding hydrogens is 457 g/mol. The van der Waals surface area contributed by atoms with Crippen LogP contribution in [0.2, 0.25) is 0 Å². The lowest BCUT2D eigenvalue weighted by Gasteiger charge is -2.32. The van der Waals surface area contributed by atoms with Gasteiger partial charge in [0.25, 0.3) is 0 Å². The van der Waals surface area contributed by atoms with Crippen molar-refractivity contribution >= 4 is 31.3 Å². The van der Waals surface area contributed by atoms with Gasteiger partial charge >= 0.3 is 7.12 Å². The van der Waals surface area contributed by atoms with Crippen molar-refractivity contribution in [1.82, 2.24) is 10.2 Å². The molecule has 0 unspecified atom stereocenters. The van der Waals surface area contributed by atoms with E-state index in [2.05, 4.69) is 17.4 Å². The van der Waals surface area contributed by atoms with Crippen molar-refractivity contribution in [2.75, 3.05) is 26.3 Å². The van der Waals surface area contributed by atoms with Gasteiger partial charge in [-0.25, -0.2) is 0 Å². The number of benzene rings is 1. The van der Waals surface area contributed by atoms with Gasteiger partial charge in [0.05, 0.1) is 42.8 Å². The first-order valence-electron chi connectivity index (χ1n) is 11.9. The molecule has 0 bridgehead atoms. The number of amides is 2. The van der Waals surface area contributed by atoms with Crippen LogP contribution in [0.5, 0.6) is 0 Å². The van der Waals surface area contributed by atoms with Crippen molar-refractivity contribution < 1.29 is 23.6 Å². The average molecular weight is 496 g/mol. The summed E-state index contributed by atoms with van der Waals surface area (Å²) in [6.07, 6.45) is 2.36. The molecule has 3 rings (SSSR count). The summed E-state index contributed by atoms with van der Waals surface area (Å²) in [6.45, 7) is 10.0. The Balaban J connectivity index is 0.00000408. The molecule has 1 aromatic rings. The number of ether oxygens (including phenoxy) is 1. The Kier molecular flexibility index (Phi) is 10.4. The summed E-state index contributed by atoms with van der Waals surface area (Å²) < 4.78 is 17.7. The van der Waals surface area contributed by atoms with Gasteiger partial charge in [-0.05, 0) is 52.5 Å². The number of hydrogen-bond donors (Lipinski definition) is 2. The molecule has 190 valence electrons. The molecule has 2 heterocycles. The summed E-state index contributed by atoms with van der Waals surface area (Å²) in [6, 6.07) is 9.29. The van der Waals surface area contributed by atoms with Gasteiger partial charge in [-0.1, -0.05) is 30.3 Å². The summed E-state index contributed by atoms with van der Waals surface area (Å²) in [4.78, 5) is 27.2. The maximum Gasteiger partial charge on any atom is 0.481 e. The van der Waals surface area contributed by atoms with Crippen LogP contribution in [-0.4, -0.2) is 73.3 Å². The van der Waals surface area contributed by atoms with Crippen LogP contribution < -0.4 is 11.1 Å². The number of nitrogens with zero attached hydrogens (tertiary/aromatic N) is 1. The van der Waals surface area contributed by atoms with Crippen LogP contribution in [0.15, 0.2) is 30.3 Å². The Labute approximate surface area is 209 Å². The smallest absolute Gasteiger partial charge is 0.402 e. The zero-order chi connectivity index (χ0) is 24.1. The second-order valence-corrected chi connectivity index (χ2v) is 9.92. The van der Waals surface area contributed by atoms with Crippen LogP contribution in [0.3, 0.4) is 0 Å². The molecule has 2 saturated heterocycles. The van der Waals surface area contributed by atoms with Crippen molar-refractivity contribution in [2.24, 2.45) is 5.73 Å². The number of nitrogens with two attached hydrogens (primary N) is 1. The molecule has 2 aliphatic heterocycles. The highest BCUT2D eigenvalue weighted by Gasteiger charge is 2.54. The Morgan fingerprint density at radius 3 is 2.26 bits per heavy atom. The van der Waals surface area contributed by atoms with E-state index in [9.17, 15) is 9.59 Å². The number of halogens is 1. The minimum atomic E-state index is -0.931. The van der Waals surface area contributed by atoms with Crippen LogP contribution in [0.1, 0.15) is 52.5 Å². The molecule has 8 nitrogen and oxygen atoms in total. The van der Waals surface area contributed by atoms with E-state index in [4.69, 9.17) is 19.8 Å². The highest BCUT2D eigenvalue weighted by atomic mass is 35.5. The molecule has 0 radical (unpaired) electrons. The van der Waals surface area contributed by atoms with Gasteiger partial charge in [-0.15, -0.1) is 12.4 Å². The zero-order valence-electron chi connectivity index (χ0n) is 20.7. The number of morpholine rings is 1. The number of carbonyl (C=O) groups excluding carboxylic acids is 2. The molecule has 2 amide bonds. The largest absolute Gasteiger partial charge is 0.481 e. The van der Waals surface area contributed by atoms with Crippen molar-refractivity contribution in [1.29, 1.82) is 0 Å². The Bertz CT molecular complexity index is 789. The molecule has 3 N–H and O–H groups in total. The Morgan fingerprint density at radius 1 is 1.09 bits per heavy atom. The number of rotatable bonds is 9. The molecule has 2 atom stereocenters. The average Bonchev–Trinajstić information content (AvgIpc) is 3.01. The third-order valence-corrected chi connectivity index (χ3v) is 6.85. The van der Waals surface area contributed by atoms with Crippen LogP contribution in [0, 0.1) is 0 Å². The van der Waals surface area contributed by atoms with Gasteiger partial charge in [-0.2, -0.15) is 0 Å². The monoisotopic (exact) mass is 495 g/mol. The summed E-state index contributed by atoms with van der Waals surface area (Å²) in [5, 5.41) is 3.02. The molecule has 34 heavy (non-hydrogen) atoms. The Hall–Kier alpha value is -1.65. The van der Waals surface area contributed by atoms with E-state index in [0.29, 0.717) is 32.7 Å². The van der Waals surface area contributed by atoms with Gasteiger partial charge < -0.3 is 30.0 Å². The first-order valence-corrected chi connectivity index (χ1v) is 11.9. The van der Waals surface area contributed by atoms with E-state index in [1.54, 1.807) is 4.90 Å². The van der Waals surface area contributed by atoms with Gasteiger partial charge in [0, 0.05) is 13.1 Å². The molecule has 1 aromatic carbocycles. The van der Waals surface area contributed by atoms with Crippen molar-refractivity contribution in [2.45, 2.75) is 76.6 Å². The first-order chi connectivity index (χ1) is 15.6. The van der Waals surface area contributed by atoms with E-state index in [-0.39, 0.29) is 36.6 Å². The fourth-order valence-corrected chi connectivity index (χ4v) is 4.01. The highest BCUT2D eigenvalue weighted by molar-refractivity contribution is 6.48. The van der Waals surface area contributed by atoms with Gasteiger partial charge in [-0.3, -0.25) is 9.59 Å². The SMILES string of the molecule is CC1(C)OB([C@@H](CCCc2ccccc2)NC(=O)[C@H](N)CC(=O)N2CCOCC2)OC1(C)C.Cl. The maximum absolute atomic E-state index is 12.9. The summed E-state index contributed by atoms with van der Waals surface area (Å²) >= 11 is 0.